The smallest absolute Gasteiger partial charge is 0.177 e. The second-order valence-electron chi connectivity index (χ2n) is 2.85. The largest absolute Gasteiger partial charge is 0.195 e. The molecule has 0 unspecified atom stereocenters. The third-order valence-corrected chi connectivity index (χ3v) is 3.39. The molecule has 0 aliphatic rings. The molecular formula is C10H8ClFS. The molecule has 1 aromatic heterocycles. The minimum atomic E-state index is -0.169. The zero-order valence-electron chi connectivity index (χ0n) is 7.10. The summed E-state index contributed by atoms with van der Waals surface area (Å²) in [6.07, 6.45) is 0.910. The van der Waals surface area contributed by atoms with Crippen LogP contribution in [0.1, 0.15) is 12.5 Å². The number of rotatable bonds is 1. The Kier molecular flexibility index (Phi) is 2.26. The van der Waals surface area contributed by atoms with Gasteiger partial charge in [0.1, 0.15) is 0 Å². The number of aryl methyl sites for hydroxylation is 1. The molecule has 0 fully saturated rings. The summed E-state index contributed by atoms with van der Waals surface area (Å²) in [5.74, 6) is 0. The summed E-state index contributed by atoms with van der Waals surface area (Å²) in [5.41, 5.74) is 1.16. The summed E-state index contributed by atoms with van der Waals surface area (Å²) in [6, 6.07) is 5.29. The van der Waals surface area contributed by atoms with Crippen LogP contribution < -0.4 is 0 Å². The van der Waals surface area contributed by atoms with Gasteiger partial charge in [-0.1, -0.05) is 24.6 Å². The highest BCUT2D eigenvalue weighted by Gasteiger charge is 2.07. The van der Waals surface area contributed by atoms with E-state index in [9.17, 15) is 4.39 Å². The first-order chi connectivity index (χ1) is 6.22. The number of fused-ring (bicyclic) bond motifs is 1. The van der Waals surface area contributed by atoms with Crippen molar-refractivity contribution in [3.8, 4) is 0 Å². The van der Waals surface area contributed by atoms with Crippen LogP contribution in [0.15, 0.2) is 18.2 Å². The van der Waals surface area contributed by atoms with E-state index in [0.29, 0.717) is 5.02 Å². The standard InChI is InChI=1S/C10H8ClFS/c1-2-6-3-4-8(11)7-5-9(12)13-10(6)7/h3-5H,2H2,1H3. The molecule has 68 valence electrons. The van der Waals surface area contributed by atoms with Crippen molar-refractivity contribution in [1.82, 2.24) is 0 Å². The van der Waals surface area contributed by atoms with Crippen molar-refractivity contribution in [1.29, 1.82) is 0 Å². The van der Waals surface area contributed by atoms with Gasteiger partial charge < -0.3 is 0 Å². The number of halogens is 2. The Bertz CT molecular complexity index is 447. The summed E-state index contributed by atoms with van der Waals surface area (Å²) in [5, 5.41) is 1.30. The molecule has 0 atom stereocenters. The lowest BCUT2D eigenvalue weighted by Gasteiger charge is -1.99. The topological polar surface area (TPSA) is 0 Å². The van der Waals surface area contributed by atoms with Gasteiger partial charge in [-0.2, -0.15) is 4.39 Å². The maximum absolute atomic E-state index is 13.0. The zero-order chi connectivity index (χ0) is 9.42. The molecule has 0 N–H and O–H groups in total. The van der Waals surface area contributed by atoms with Crippen LogP contribution >= 0.6 is 22.9 Å². The number of benzene rings is 1. The molecule has 0 saturated heterocycles. The van der Waals surface area contributed by atoms with Crippen LogP contribution in [-0.4, -0.2) is 0 Å². The molecule has 0 bridgehead atoms. The van der Waals surface area contributed by atoms with Crippen molar-refractivity contribution in [2.24, 2.45) is 0 Å². The summed E-state index contributed by atoms with van der Waals surface area (Å²) in [7, 11) is 0. The highest BCUT2D eigenvalue weighted by molar-refractivity contribution is 7.17. The van der Waals surface area contributed by atoms with Gasteiger partial charge in [0, 0.05) is 15.1 Å². The predicted octanol–water partition coefficient (Wildman–Crippen LogP) is 4.26. The SMILES string of the molecule is CCc1ccc(Cl)c2cc(F)sc12. The Hall–Kier alpha value is -0.600. The molecule has 1 heterocycles. The predicted molar refractivity (Wildman–Crippen MR) is 56.2 cm³/mol. The minimum Gasteiger partial charge on any atom is -0.195 e. The van der Waals surface area contributed by atoms with Crippen LogP contribution in [0.3, 0.4) is 0 Å². The summed E-state index contributed by atoms with van der Waals surface area (Å²) in [6.45, 7) is 2.06. The molecule has 1 aromatic carbocycles. The normalized spacial score (nSPS) is 11.0. The van der Waals surface area contributed by atoms with Crippen LogP contribution in [0.5, 0.6) is 0 Å². The second-order valence-corrected chi connectivity index (χ2v) is 4.26. The number of hydrogen-bond donors (Lipinski definition) is 0. The van der Waals surface area contributed by atoms with Crippen molar-refractivity contribution < 1.29 is 4.39 Å². The maximum atomic E-state index is 13.0. The highest BCUT2D eigenvalue weighted by Crippen LogP contribution is 2.33. The lowest BCUT2D eigenvalue weighted by molar-refractivity contribution is 0.658. The summed E-state index contributed by atoms with van der Waals surface area (Å²) < 4.78 is 14.0. The monoisotopic (exact) mass is 214 g/mol. The molecular weight excluding hydrogens is 207 g/mol. The quantitative estimate of drug-likeness (QED) is 0.666. The molecule has 0 aliphatic carbocycles. The molecule has 3 heteroatoms. The molecule has 0 radical (unpaired) electrons. The average Bonchev–Trinajstić information content (AvgIpc) is 2.48. The van der Waals surface area contributed by atoms with Crippen LogP contribution in [0.2, 0.25) is 5.02 Å². The van der Waals surface area contributed by atoms with E-state index in [1.807, 2.05) is 12.1 Å². The van der Waals surface area contributed by atoms with Crippen LogP contribution in [-0.2, 0) is 6.42 Å². The maximum Gasteiger partial charge on any atom is 0.177 e. The van der Waals surface area contributed by atoms with Crippen molar-refractivity contribution in [2.75, 3.05) is 0 Å². The van der Waals surface area contributed by atoms with Crippen molar-refractivity contribution in [3.05, 3.63) is 33.9 Å². The van der Waals surface area contributed by atoms with E-state index >= 15 is 0 Å². The third-order valence-electron chi connectivity index (χ3n) is 2.06. The Morgan fingerprint density at radius 3 is 2.92 bits per heavy atom. The van der Waals surface area contributed by atoms with Gasteiger partial charge in [-0.15, -0.1) is 11.3 Å². The zero-order valence-corrected chi connectivity index (χ0v) is 8.68. The van der Waals surface area contributed by atoms with Gasteiger partial charge in [0.15, 0.2) is 5.13 Å². The summed E-state index contributed by atoms with van der Waals surface area (Å²) >= 11 is 7.11. The Morgan fingerprint density at radius 2 is 2.23 bits per heavy atom. The van der Waals surface area contributed by atoms with Crippen molar-refractivity contribution in [2.45, 2.75) is 13.3 Å². The first-order valence-corrected chi connectivity index (χ1v) is 5.28. The molecule has 13 heavy (non-hydrogen) atoms. The fraction of sp³-hybridized carbons (Fsp3) is 0.200. The Labute approximate surface area is 85.0 Å². The van der Waals surface area contributed by atoms with Gasteiger partial charge in [0.25, 0.3) is 0 Å². The van der Waals surface area contributed by atoms with Gasteiger partial charge in [-0.05, 0) is 24.1 Å². The van der Waals surface area contributed by atoms with Gasteiger partial charge in [0.2, 0.25) is 0 Å². The fourth-order valence-electron chi connectivity index (χ4n) is 1.39. The van der Waals surface area contributed by atoms with Gasteiger partial charge in [0.05, 0.1) is 0 Å². The number of thiophene rings is 1. The molecule has 0 spiro atoms. The van der Waals surface area contributed by atoms with E-state index in [4.69, 9.17) is 11.6 Å². The van der Waals surface area contributed by atoms with E-state index in [1.54, 1.807) is 0 Å². The average molecular weight is 215 g/mol. The Morgan fingerprint density at radius 1 is 1.46 bits per heavy atom. The van der Waals surface area contributed by atoms with Crippen molar-refractivity contribution >= 4 is 33.0 Å². The lowest BCUT2D eigenvalue weighted by atomic mass is 10.1. The van der Waals surface area contributed by atoms with Crippen molar-refractivity contribution in [3.63, 3.8) is 0 Å². The third kappa shape index (κ3) is 1.45. The van der Waals surface area contributed by atoms with Crippen LogP contribution in [0, 0.1) is 5.13 Å². The molecule has 2 aromatic rings. The first kappa shape index (κ1) is 8.97. The second kappa shape index (κ2) is 3.28. The van der Waals surface area contributed by atoms with E-state index in [0.717, 1.165) is 22.1 Å². The summed E-state index contributed by atoms with van der Waals surface area (Å²) in [4.78, 5) is 0. The highest BCUT2D eigenvalue weighted by atomic mass is 35.5. The van der Waals surface area contributed by atoms with Crippen LogP contribution in [0.25, 0.3) is 10.1 Å². The molecule has 2 rings (SSSR count). The van der Waals surface area contributed by atoms with Gasteiger partial charge in [-0.3, -0.25) is 0 Å². The van der Waals surface area contributed by atoms with E-state index in [2.05, 4.69) is 6.92 Å². The first-order valence-electron chi connectivity index (χ1n) is 4.08. The minimum absolute atomic E-state index is 0.169. The number of hydrogen-bond acceptors (Lipinski definition) is 1. The molecule has 0 amide bonds. The lowest BCUT2D eigenvalue weighted by Crippen LogP contribution is -1.79. The molecule has 0 aliphatic heterocycles. The van der Waals surface area contributed by atoms with Crippen LogP contribution in [0.4, 0.5) is 4.39 Å². The van der Waals surface area contributed by atoms with Gasteiger partial charge in [-0.25, -0.2) is 0 Å². The van der Waals surface area contributed by atoms with E-state index in [-0.39, 0.29) is 5.13 Å². The Balaban J connectivity index is 2.83. The molecule has 0 nitrogen and oxygen atoms in total. The fourth-order valence-corrected chi connectivity index (χ4v) is 2.66. The van der Waals surface area contributed by atoms with E-state index < -0.39 is 0 Å². The molecule has 0 saturated carbocycles. The van der Waals surface area contributed by atoms with Gasteiger partial charge >= 0.3 is 0 Å². The van der Waals surface area contributed by atoms with E-state index in [1.165, 1.54) is 17.4 Å².